The Morgan fingerprint density at radius 2 is 2.46 bits per heavy atom. The molecule has 13 heavy (non-hydrogen) atoms. The molecular formula is C9H12N2O2. The molecule has 0 amide bonds. The van der Waals surface area contributed by atoms with Crippen molar-refractivity contribution in [3.8, 4) is 5.75 Å². The standard InChI is InChI=1S/C9H12N2O2/c10-9-2-1-7(5-11-9)13-8-3-4-12-6-8/h1-2,5,8H,3-4,6H2,(H2,10,11)/t8-/m1/s1. The van der Waals surface area contributed by atoms with Gasteiger partial charge in [0.15, 0.2) is 0 Å². The van der Waals surface area contributed by atoms with E-state index < -0.39 is 0 Å². The summed E-state index contributed by atoms with van der Waals surface area (Å²) in [5.74, 6) is 1.26. The van der Waals surface area contributed by atoms with Crippen LogP contribution in [0.5, 0.6) is 5.75 Å². The minimum atomic E-state index is 0.172. The third kappa shape index (κ3) is 2.09. The van der Waals surface area contributed by atoms with E-state index in [2.05, 4.69) is 4.98 Å². The Bertz CT molecular complexity index is 267. The van der Waals surface area contributed by atoms with Crippen LogP contribution in [0.15, 0.2) is 18.3 Å². The summed E-state index contributed by atoms with van der Waals surface area (Å²) >= 11 is 0. The van der Waals surface area contributed by atoms with Crippen molar-refractivity contribution >= 4 is 5.82 Å². The number of hydrogen-bond acceptors (Lipinski definition) is 4. The molecule has 1 aliphatic rings. The van der Waals surface area contributed by atoms with Gasteiger partial charge in [-0.3, -0.25) is 0 Å². The summed E-state index contributed by atoms with van der Waals surface area (Å²) in [7, 11) is 0. The molecule has 0 bridgehead atoms. The molecule has 0 spiro atoms. The van der Waals surface area contributed by atoms with Gasteiger partial charge in [0.05, 0.1) is 19.4 Å². The number of hydrogen-bond donors (Lipinski definition) is 1. The Kier molecular flexibility index (Phi) is 2.31. The van der Waals surface area contributed by atoms with Crippen LogP contribution >= 0.6 is 0 Å². The maximum absolute atomic E-state index is 5.59. The Morgan fingerprint density at radius 3 is 3.08 bits per heavy atom. The SMILES string of the molecule is Nc1ccc(O[C@@H]2CCOC2)cn1. The van der Waals surface area contributed by atoms with Gasteiger partial charge >= 0.3 is 0 Å². The maximum Gasteiger partial charge on any atom is 0.138 e. The van der Waals surface area contributed by atoms with Gasteiger partial charge in [0.25, 0.3) is 0 Å². The van der Waals surface area contributed by atoms with Crippen LogP contribution < -0.4 is 10.5 Å². The van der Waals surface area contributed by atoms with Crippen LogP contribution in [0.25, 0.3) is 0 Å². The van der Waals surface area contributed by atoms with Crippen LogP contribution in [-0.2, 0) is 4.74 Å². The molecular weight excluding hydrogens is 168 g/mol. The van der Waals surface area contributed by atoms with Crippen molar-refractivity contribution in [3.05, 3.63) is 18.3 Å². The van der Waals surface area contributed by atoms with Gasteiger partial charge < -0.3 is 15.2 Å². The van der Waals surface area contributed by atoms with Gasteiger partial charge in [-0.2, -0.15) is 0 Å². The highest BCUT2D eigenvalue weighted by Gasteiger charge is 2.16. The highest BCUT2D eigenvalue weighted by atomic mass is 16.5. The van der Waals surface area contributed by atoms with Gasteiger partial charge in [0, 0.05) is 6.42 Å². The monoisotopic (exact) mass is 180 g/mol. The number of nitrogen functional groups attached to an aromatic ring is 1. The third-order valence-corrected chi connectivity index (χ3v) is 1.95. The minimum Gasteiger partial charge on any atom is -0.486 e. The van der Waals surface area contributed by atoms with Crippen molar-refractivity contribution in [1.29, 1.82) is 0 Å². The second kappa shape index (κ2) is 3.62. The first-order chi connectivity index (χ1) is 6.34. The first kappa shape index (κ1) is 8.31. The molecule has 0 aliphatic carbocycles. The summed E-state index contributed by atoms with van der Waals surface area (Å²) in [4.78, 5) is 3.93. The zero-order chi connectivity index (χ0) is 9.10. The number of pyridine rings is 1. The minimum absolute atomic E-state index is 0.172. The van der Waals surface area contributed by atoms with Crippen molar-refractivity contribution in [2.24, 2.45) is 0 Å². The topological polar surface area (TPSA) is 57.4 Å². The van der Waals surface area contributed by atoms with Crippen LogP contribution in [0.3, 0.4) is 0 Å². The average Bonchev–Trinajstić information content (AvgIpc) is 2.62. The molecule has 1 fully saturated rings. The lowest BCUT2D eigenvalue weighted by molar-refractivity contribution is 0.141. The highest BCUT2D eigenvalue weighted by molar-refractivity contribution is 5.32. The summed E-state index contributed by atoms with van der Waals surface area (Å²) in [5, 5.41) is 0. The summed E-state index contributed by atoms with van der Waals surface area (Å²) < 4.78 is 10.8. The van der Waals surface area contributed by atoms with Crippen molar-refractivity contribution in [3.63, 3.8) is 0 Å². The molecule has 1 atom stereocenters. The molecule has 0 saturated carbocycles. The molecule has 1 aliphatic heterocycles. The molecule has 0 unspecified atom stereocenters. The number of aromatic nitrogens is 1. The molecule has 2 rings (SSSR count). The maximum atomic E-state index is 5.59. The van der Waals surface area contributed by atoms with Gasteiger partial charge in [-0.05, 0) is 12.1 Å². The largest absolute Gasteiger partial charge is 0.486 e. The van der Waals surface area contributed by atoms with Crippen LogP contribution in [0.2, 0.25) is 0 Å². The molecule has 1 saturated heterocycles. The van der Waals surface area contributed by atoms with E-state index in [1.54, 1.807) is 12.3 Å². The number of nitrogens with zero attached hydrogens (tertiary/aromatic N) is 1. The van der Waals surface area contributed by atoms with Crippen LogP contribution in [-0.4, -0.2) is 24.3 Å². The van der Waals surface area contributed by atoms with Crippen LogP contribution in [0, 0.1) is 0 Å². The lowest BCUT2D eigenvalue weighted by atomic mass is 10.3. The molecule has 4 nitrogen and oxygen atoms in total. The van der Waals surface area contributed by atoms with E-state index in [1.165, 1.54) is 0 Å². The number of anilines is 1. The Balaban J connectivity index is 1.97. The fourth-order valence-corrected chi connectivity index (χ4v) is 1.26. The molecule has 2 N–H and O–H groups in total. The number of ether oxygens (including phenoxy) is 2. The zero-order valence-corrected chi connectivity index (χ0v) is 7.27. The summed E-state index contributed by atoms with van der Waals surface area (Å²) in [6.45, 7) is 1.46. The van der Waals surface area contributed by atoms with Crippen LogP contribution in [0.1, 0.15) is 6.42 Å². The molecule has 0 radical (unpaired) electrons. The smallest absolute Gasteiger partial charge is 0.138 e. The van der Waals surface area contributed by atoms with E-state index in [-0.39, 0.29) is 6.10 Å². The summed E-state index contributed by atoms with van der Waals surface area (Å²) in [6, 6.07) is 3.55. The summed E-state index contributed by atoms with van der Waals surface area (Å²) in [5.41, 5.74) is 5.44. The van der Waals surface area contributed by atoms with Gasteiger partial charge in [-0.25, -0.2) is 4.98 Å². The van der Waals surface area contributed by atoms with Crippen molar-refractivity contribution in [2.75, 3.05) is 18.9 Å². The molecule has 4 heteroatoms. The van der Waals surface area contributed by atoms with E-state index in [0.29, 0.717) is 12.4 Å². The van der Waals surface area contributed by atoms with Gasteiger partial charge in [0.2, 0.25) is 0 Å². The predicted molar refractivity (Wildman–Crippen MR) is 48.5 cm³/mol. The quantitative estimate of drug-likeness (QED) is 0.732. The van der Waals surface area contributed by atoms with E-state index >= 15 is 0 Å². The highest BCUT2D eigenvalue weighted by Crippen LogP contribution is 2.16. The van der Waals surface area contributed by atoms with Crippen molar-refractivity contribution in [2.45, 2.75) is 12.5 Å². The van der Waals surface area contributed by atoms with Crippen molar-refractivity contribution in [1.82, 2.24) is 4.98 Å². The zero-order valence-electron chi connectivity index (χ0n) is 7.27. The normalized spacial score (nSPS) is 21.7. The lowest BCUT2D eigenvalue weighted by Crippen LogP contribution is -2.15. The van der Waals surface area contributed by atoms with Gasteiger partial charge in [-0.1, -0.05) is 0 Å². The number of nitrogens with two attached hydrogens (primary N) is 1. The Hall–Kier alpha value is -1.29. The van der Waals surface area contributed by atoms with Crippen molar-refractivity contribution < 1.29 is 9.47 Å². The fraction of sp³-hybridized carbons (Fsp3) is 0.444. The Morgan fingerprint density at radius 1 is 1.54 bits per heavy atom. The molecule has 0 aromatic carbocycles. The van der Waals surface area contributed by atoms with Gasteiger partial charge in [-0.15, -0.1) is 0 Å². The van der Waals surface area contributed by atoms with E-state index in [1.807, 2.05) is 6.07 Å². The second-order valence-electron chi connectivity index (χ2n) is 3.02. The number of rotatable bonds is 2. The average molecular weight is 180 g/mol. The first-order valence-corrected chi connectivity index (χ1v) is 4.30. The lowest BCUT2D eigenvalue weighted by Gasteiger charge is -2.10. The fourth-order valence-electron chi connectivity index (χ4n) is 1.26. The van der Waals surface area contributed by atoms with Gasteiger partial charge in [0.1, 0.15) is 17.7 Å². The predicted octanol–water partition coefficient (Wildman–Crippen LogP) is 0.831. The molecule has 1 aromatic heterocycles. The molecule has 2 heterocycles. The molecule has 70 valence electrons. The van der Waals surface area contributed by atoms with E-state index in [0.717, 1.165) is 18.8 Å². The second-order valence-corrected chi connectivity index (χ2v) is 3.02. The summed E-state index contributed by atoms with van der Waals surface area (Å²) in [6.07, 6.45) is 2.75. The Labute approximate surface area is 76.7 Å². The van der Waals surface area contributed by atoms with E-state index in [9.17, 15) is 0 Å². The van der Waals surface area contributed by atoms with E-state index in [4.69, 9.17) is 15.2 Å². The van der Waals surface area contributed by atoms with Crippen LogP contribution in [0.4, 0.5) is 5.82 Å². The third-order valence-electron chi connectivity index (χ3n) is 1.95. The molecule has 1 aromatic rings. The first-order valence-electron chi connectivity index (χ1n) is 4.30.